The average Bonchev–Trinajstić information content (AvgIpc) is 2.28. The number of nitrogens with one attached hydrogen (secondary N) is 1. The molecule has 0 heterocycles. The highest BCUT2D eigenvalue weighted by Crippen LogP contribution is 2.22. The lowest BCUT2D eigenvalue weighted by atomic mass is 10.2. The summed E-state index contributed by atoms with van der Waals surface area (Å²) in [5, 5.41) is 13.3. The van der Waals surface area contributed by atoms with Gasteiger partial charge in [-0.25, -0.2) is 4.79 Å². The van der Waals surface area contributed by atoms with Crippen molar-refractivity contribution in [3.63, 3.8) is 0 Å². The van der Waals surface area contributed by atoms with Crippen LogP contribution in [0.25, 0.3) is 0 Å². The molecule has 1 N–H and O–H groups in total. The summed E-state index contributed by atoms with van der Waals surface area (Å²) in [5.41, 5.74) is -1.10. The fraction of sp³-hybridized carbons (Fsp3) is 0.333. The zero-order chi connectivity index (χ0) is 16.2. The molecule has 0 radical (unpaired) electrons. The van der Waals surface area contributed by atoms with Crippen molar-refractivity contribution in [3.8, 4) is 0 Å². The van der Waals surface area contributed by atoms with E-state index in [0.717, 1.165) is 12.1 Å². The Morgan fingerprint density at radius 3 is 2.62 bits per heavy atom. The molecule has 0 atom stereocenters. The van der Waals surface area contributed by atoms with Gasteiger partial charge in [0, 0.05) is 11.8 Å². The Labute approximate surface area is 133 Å². The van der Waals surface area contributed by atoms with E-state index in [-0.39, 0.29) is 9.53 Å². The summed E-state index contributed by atoms with van der Waals surface area (Å²) in [4.78, 5) is 24.9. The lowest BCUT2D eigenvalue weighted by Crippen LogP contribution is -2.22. The summed E-state index contributed by atoms with van der Waals surface area (Å²) < 4.78 is 18.3. The van der Waals surface area contributed by atoms with Crippen molar-refractivity contribution in [1.29, 1.82) is 0 Å². The van der Waals surface area contributed by atoms with Crippen molar-refractivity contribution >= 4 is 43.9 Å². The van der Waals surface area contributed by atoms with Gasteiger partial charge in [0.25, 0.3) is 0 Å². The fourth-order valence-corrected chi connectivity index (χ4v) is 1.75. The number of nitrogens with zero attached hydrogens (tertiary/aromatic N) is 2. The number of benzene rings is 1. The van der Waals surface area contributed by atoms with Gasteiger partial charge >= 0.3 is 11.8 Å². The molecule has 9 heteroatoms. The molecule has 0 unspecified atom stereocenters. The van der Waals surface area contributed by atoms with Crippen molar-refractivity contribution in [1.82, 2.24) is 0 Å². The number of anilines is 1. The lowest BCUT2D eigenvalue weighted by Gasteiger charge is -2.17. The molecule has 1 aromatic rings. The monoisotopic (exact) mass is 409 g/mol. The topological polar surface area (TPSA) is 93.8 Å². The Bertz CT molecular complexity index is 599. The van der Waals surface area contributed by atoms with E-state index in [1.54, 1.807) is 43.4 Å². The Balaban J connectivity index is 2.84. The SMILES string of the molecule is CC(C)(C)OC(=O)/N=C(/I)Nc1ccc(F)c([N+](=O)[O-])c1. The van der Waals surface area contributed by atoms with Gasteiger partial charge < -0.3 is 10.1 Å². The third kappa shape index (κ3) is 6.02. The minimum atomic E-state index is -0.940. The highest BCUT2D eigenvalue weighted by molar-refractivity contribution is 14.1. The maximum absolute atomic E-state index is 13.2. The Morgan fingerprint density at radius 1 is 1.48 bits per heavy atom. The molecule has 0 aliphatic rings. The van der Waals surface area contributed by atoms with Crippen LogP contribution >= 0.6 is 22.6 Å². The van der Waals surface area contributed by atoms with Gasteiger partial charge in [0.15, 0.2) is 3.84 Å². The first kappa shape index (κ1) is 17.3. The molecule has 1 amide bonds. The van der Waals surface area contributed by atoms with Crippen LogP contribution in [-0.2, 0) is 4.74 Å². The van der Waals surface area contributed by atoms with Gasteiger partial charge in [-0.2, -0.15) is 9.38 Å². The van der Waals surface area contributed by atoms with Crippen molar-refractivity contribution in [2.24, 2.45) is 4.99 Å². The number of hydrogen-bond donors (Lipinski definition) is 1. The summed E-state index contributed by atoms with van der Waals surface area (Å²) >= 11 is 1.72. The summed E-state index contributed by atoms with van der Waals surface area (Å²) in [6.45, 7) is 5.10. The number of hydrogen-bond acceptors (Lipinski definition) is 4. The van der Waals surface area contributed by atoms with Crippen LogP contribution in [-0.4, -0.2) is 20.5 Å². The standard InChI is InChI=1S/C12H13FIN3O4/c1-12(2,3)21-11(18)16-10(14)15-7-4-5-8(13)9(6-7)17(19)20/h4-6H,1-3H3,(H,15,16,18). The summed E-state index contributed by atoms with van der Waals surface area (Å²) in [7, 11) is 0. The second-order valence-electron chi connectivity index (χ2n) is 4.93. The maximum atomic E-state index is 13.2. The molecule has 114 valence electrons. The fourth-order valence-electron chi connectivity index (χ4n) is 1.24. The smallest absolute Gasteiger partial charge is 0.436 e. The molecular weight excluding hydrogens is 396 g/mol. The van der Waals surface area contributed by atoms with E-state index in [4.69, 9.17) is 4.74 Å². The molecular formula is C12H13FIN3O4. The van der Waals surface area contributed by atoms with Crippen LogP contribution in [0.1, 0.15) is 20.8 Å². The first-order valence-corrected chi connectivity index (χ1v) is 6.84. The van der Waals surface area contributed by atoms with Crippen molar-refractivity contribution in [3.05, 3.63) is 34.1 Å². The average molecular weight is 409 g/mol. The second kappa shape index (κ2) is 6.78. The van der Waals surface area contributed by atoms with E-state index in [1.165, 1.54) is 6.07 Å². The third-order valence-electron chi connectivity index (χ3n) is 1.97. The van der Waals surface area contributed by atoms with Gasteiger partial charge in [0.2, 0.25) is 5.82 Å². The molecule has 0 spiro atoms. The largest absolute Gasteiger partial charge is 0.442 e. The summed E-state index contributed by atoms with van der Waals surface area (Å²) in [6, 6.07) is 3.27. The van der Waals surface area contributed by atoms with E-state index in [2.05, 4.69) is 10.3 Å². The summed E-state index contributed by atoms with van der Waals surface area (Å²) in [6.07, 6.45) is -0.795. The maximum Gasteiger partial charge on any atom is 0.436 e. The van der Waals surface area contributed by atoms with E-state index in [1.807, 2.05) is 0 Å². The molecule has 0 fully saturated rings. The Hall–Kier alpha value is -1.78. The zero-order valence-corrected chi connectivity index (χ0v) is 13.7. The molecule has 0 saturated heterocycles. The van der Waals surface area contributed by atoms with Crippen LogP contribution in [0.3, 0.4) is 0 Å². The van der Waals surface area contributed by atoms with Crippen LogP contribution < -0.4 is 5.32 Å². The quantitative estimate of drug-likeness (QED) is 0.200. The van der Waals surface area contributed by atoms with Crippen molar-refractivity contribution in [2.45, 2.75) is 26.4 Å². The van der Waals surface area contributed by atoms with Gasteiger partial charge in [-0.05, 0) is 55.5 Å². The van der Waals surface area contributed by atoms with Gasteiger partial charge in [0.1, 0.15) is 5.60 Å². The highest BCUT2D eigenvalue weighted by atomic mass is 127. The number of nitro groups is 1. The minimum Gasteiger partial charge on any atom is -0.442 e. The number of carbonyl (C=O) groups excluding carboxylic acids is 1. The molecule has 0 aromatic heterocycles. The Kier molecular flexibility index (Phi) is 5.58. The van der Waals surface area contributed by atoms with Crippen molar-refractivity contribution in [2.75, 3.05) is 5.32 Å². The molecule has 0 bridgehead atoms. The number of rotatable bonds is 2. The van der Waals surface area contributed by atoms with Crippen LogP contribution in [0.15, 0.2) is 23.2 Å². The van der Waals surface area contributed by atoms with E-state index >= 15 is 0 Å². The predicted molar refractivity (Wildman–Crippen MR) is 84.4 cm³/mol. The Morgan fingerprint density at radius 2 is 2.10 bits per heavy atom. The van der Waals surface area contributed by atoms with Crippen LogP contribution in [0.5, 0.6) is 0 Å². The van der Waals surface area contributed by atoms with Crippen molar-refractivity contribution < 1.29 is 18.8 Å². The highest BCUT2D eigenvalue weighted by Gasteiger charge is 2.17. The second-order valence-corrected chi connectivity index (χ2v) is 5.95. The lowest BCUT2D eigenvalue weighted by molar-refractivity contribution is -0.387. The van der Waals surface area contributed by atoms with Crippen LogP contribution in [0.4, 0.5) is 20.6 Å². The molecule has 0 aliphatic heterocycles. The van der Waals surface area contributed by atoms with E-state index in [0.29, 0.717) is 0 Å². The molecule has 0 aliphatic carbocycles. The van der Waals surface area contributed by atoms with E-state index < -0.39 is 28.1 Å². The number of amides is 1. The van der Waals surface area contributed by atoms with E-state index in [9.17, 15) is 19.3 Å². The number of carbonyl (C=O) groups is 1. The number of ether oxygens (including phenoxy) is 1. The molecule has 21 heavy (non-hydrogen) atoms. The third-order valence-corrected chi connectivity index (χ3v) is 2.48. The van der Waals surface area contributed by atoms with Gasteiger partial charge in [-0.15, -0.1) is 0 Å². The summed E-state index contributed by atoms with van der Waals surface area (Å²) in [5.74, 6) is -0.940. The van der Waals surface area contributed by atoms with Crippen LogP contribution in [0.2, 0.25) is 0 Å². The number of nitro benzene ring substituents is 1. The predicted octanol–water partition coefficient (Wildman–Crippen LogP) is 3.87. The van der Waals surface area contributed by atoms with Gasteiger partial charge in [-0.3, -0.25) is 10.1 Å². The molecule has 7 nitrogen and oxygen atoms in total. The first-order chi connectivity index (χ1) is 9.58. The first-order valence-electron chi connectivity index (χ1n) is 5.76. The molecule has 0 saturated carbocycles. The minimum absolute atomic E-state index is 0.141. The van der Waals surface area contributed by atoms with Gasteiger partial charge in [-0.1, -0.05) is 0 Å². The number of amidine groups is 1. The molecule has 1 aromatic carbocycles. The zero-order valence-electron chi connectivity index (χ0n) is 11.5. The number of aliphatic imine (C=N–C) groups is 1. The number of halogens is 2. The van der Waals surface area contributed by atoms with Crippen LogP contribution in [0, 0.1) is 15.9 Å². The normalized spacial score (nSPS) is 12.0. The molecule has 1 rings (SSSR count). The van der Waals surface area contributed by atoms with Gasteiger partial charge in [0.05, 0.1) is 4.92 Å².